The number of hydrogen-bond acceptors (Lipinski definition) is 5. The first-order chi connectivity index (χ1) is 12.5. The number of amidine groups is 1. The maximum atomic E-state index is 12.9. The average molecular weight is 455 g/mol. The standard InChI is InChI=1S/C17H13BrClN3O3S/c18-12-3-1-11(2-4-12)10-26-17-20-7-8-21(17)16(23)14-9-13(19)5-6-15(14)22(24)25/h1-6,9H,7-8,10H2. The van der Waals surface area contributed by atoms with E-state index in [1.807, 2.05) is 24.3 Å². The van der Waals surface area contributed by atoms with E-state index in [9.17, 15) is 14.9 Å². The number of hydrogen-bond donors (Lipinski definition) is 0. The minimum absolute atomic E-state index is 0.0265. The van der Waals surface area contributed by atoms with Crippen molar-refractivity contribution in [2.75, 3.05) is 13.1 Å². The smallest absolute Gasteiger partial charge is 0.282 e. The summed E-state index contributed by atoms with van der Waals surface area (Å²) in [5.74, 6) is 0.187. The number of rotatable bonds is 4. The summed E-state index contributed by atoms with van der Waals surface area (Å²) in [5.41, 5.74) is 0.804. The first kappa shape index (κ1) is 18.9. The average Bonchev–Trinajstić information content (AvgIpc) is 3.09. The Morgan fingerprint density at radius 2 is 2.04 bits per heavy atom. The summed E-state index contributed by atoms with van der Waals surface area (Å²) in [6, 6.07) is 11.9. The van der Waals surface area contributed by atoms with Crippen LogP contribution < -0.4 is 0 Å². The molecule has 0 N–H and O–H groups in total. The van der Waals surface area contributed by atoms with Crippen molar-refractivity contribution in [3.8, 4) is 0 Å². The Morgan fingerprint density at radius 3 is 2.73 bits per heavy atom. The predicted molar refractivity (Wildman–Crippen MR) is 107 cm³/mol. The highest BCUT2D eigenvalue weighted by Gasteiger charge is 2.30. The van der Waals surface area contributed by atoms with E-state index in [1.54, 1.807) is 0 Å². The van der Waals surface area contributed by atoms with Gasteiger partial charge >= 0.3 is 0 Å². The highest BCUT2D eigenvalue weighted by molar-refractivity contribution is 9.10. The second kappa shape index (κ2) is 8.20. The maximum absolute atomic E-state index is 12.9. The van der Waals surface area contributed by atoms with E-state index in [0.717, 1.165) is 10.0 Å². The van der Waals surface area contributed by atoms with Gasteiger partial charge in [-0.3, -0.25) is 24.8 Å². The summed E-state index contributed by atoms with van der Waals surface area (Å²) < 4.78 is 0.995. The third-order valence-electron chi connectivity index (χ3n) is 3.71. The van der Waals surface area contributed by atoms with Gasteiger partial charge in [0.05, 0.1) is 11.5 Å². The highest BCUT2D eigenvalue weighted by Crippen LogP contribution is 2.27. The molecule has 0 atom stereocenters. The van der Waals surface area contributed by atoms with Gasteiger partial charge in [-0.2, -0.15) is 0 Å². The van der Waals surface area contributed by atoms with Crippen LogP contribution in [0.4, 0.5) is 5.69 Å². The monoisotopic (exact) mass is 453 g/mol. The van der Waals surface area contributed by atoms with Crippen LogP contribution in [0.3, 0.4) is 0 Å². The van der Waals surface area contributed by atoms with E-state index in [4.69, 9.17) is 11.6 Å². The van der Waals surface area contributed by atoms with Crippen LogP contribution in [0.5, 0.6) is 0 Å². The minimum Gasteiger partial charge on any atom is -0.285 e. The van der Waals surface area contributed by atoms with Crippen LogP contribution in [0.25, 0.3) is 0 Å². The van der Waals surface area contributed by atoms with Crippen molar-refractivity contribution in [3.05, 3.63) is 73.2 Å². The van der Waals surface area contributed by atoms with Crippen LogP contribution in [0, 0.1) is 10.1 Å². The zero-order chi connectivity index (χ0) is 18.7. The summed E-state index contributed by atoms with van der Waals surface area (Å²) in [4.78, 5) is 29.3. The fourth-order valence-corrected chi connectivity index (χ4v) is 3.89. The number of aliphatic imine (C=N–C) groups is 1. The van der Waals surface area contributed by atoms with E-state index in [0.29, 0.717) is 24.0 Å². The molecular weight excluding hydrogens is 442 g/mol. The molecule has 9 heteroatoms. The Kier molecular flexibility index (Phi) is 5.95. The Bertz CT molecular complexity index is 889. The summed E-state index contributed by atoms with van der Waals surface area (Å²) in [6.45, 7) is 0.869. The lowest BCUT2D eigenvalue weighted by atomic mass is 10.1. The summed E-state index contributed by atoms with van der Waals surface area (Å²) in [5, 5.41) is 12.1. The van der Waals surface area contributed by atoms with Gasteiger partial charge < -0.3 is 0 Å². The van der Waals surface area contributed by atoms with Crippen LogP contribution in [0.1, 0.15) is 15.9 Å². The number of halogens is 2. The zero-order valence-corrected chi connectivity index (χ0v) is 16.6. The molecule has 0 saturated heterocycles. The highest BCUT2D eigenvalue weighted by atomic mass is 79.9. The lowest BCUT2D eigenvalue weighted by Gasteiger charge is -2.18. The molecule has 0 bridgehead atoms. The summed E-state index contributed by atoms with van der Waals surface area (Å²) in [7, 11) is 0. The first-order valence-electron chi connectivity index (χ1n) is 7.63. The Balaban J connectivity index is 1.77. The zero-order valence-electron chi connectivity index (χ0n) is 13.4. The molecule has 6 nitrogen and oxygen atoms in total. The topological polar surface area (TPSA) is 75.8 Å². The first-order valence-corrected chi connectivity index (χ1v) is 9.79. The van der Waals surface area contributed by atoms with E-state index >= 15 is 0 Å². The Morgan fingerprint density at radius 1 is 1.31 bits per heavy atom. The molecule has 2 aromatic carbocycles. The molecule has 0 aromatic heterocycles. The molecule has 0 aliphatic carbocycles. The number of nitro benzene ring substituents is 1. The van der Waals surface area contributed by atoms with Crippen LogP contribution in [-0.2, 0) is 5.75 Å². The molecule has 1 heterocycles. The van der Waals surface area contributed by atoms with Gasteiger partial charge in [0.15, 0.2) is 5.17 Å². The fourth-order valence-electron chi connectivity index (χ4n) is 2.45. The van der Waals surface area contributed by atoms with Gasteiger partial charge in [0.2, 0.25) is 0 Å². The van der Waals surface area contributed by atoms with E-state index < -0.39 is 10.8 Å². The van der Waals surface area contributed by atoms with Crippen LogP contribution in [0.2, 0.25) is 5.02 Å². The Hall–Kier alpha value is -1.90. The molecule has 134 valence electrons. The van der Waals surface area contributed by atoms with Gasteiger partial charge in [-0.25, -0.2) is 0 Å². The van der Waals surface area contributed by atoms with Crippen molar-refractivity contribution in [2.24, 2.45) is 4.99 Å². The van der Waals surface area contributed by atoms with Crippen LogP contribution >= 0.6 is 39.3 Å². The third kappa shape index (κ3) is 4.25. The van der Waals surface area contributed by atoms with Crippen molar-refractivity contribution >= 4 is 56.1 Å². The molecule has 3 rings (SSSR count). The lowest BCUT2D eigenvalue weighted by Crippen LogP contribution is -2.33. The fraction of sp³-hybridized carbons (Fsp3) is 0.176. The quantitative estimate of drug-likeness (QED) is 0.493. The van der Waals surface area contributed by atoms with E-state index in [2.05, 4.69) is 20.9 Å². The van der Waals surface area contributed by atoms with Gasteiger partial charge in [0.1, 0.15) is 5.56 Å². The number of carbonyl (C=O) groups excluding carboxylic acids is 1. The number of carbonyl (C=O) groups is 1. The molecule has 2 aromatic rings. The number of benzene rings is 2. The van der Waals surface area contributed by atoms with E-state index in [1.165, 1.54) is 34.9 Å². The third-order valence-corrected chi connectivity index (χ3v) is 5.56. The normalized spacial score (nSPS) is 13.6. The molecule has 26 heavy (non-hydrogen) atoms. The predicted octanol–water partition coefficient (Wildman–Crippen LogP) is 4.76. The molecule has 1 amide bonds. The second-order valence-electron chi connectivity index (χ2n) is 5.45. The number of nitro groups is 1. The largest absolute Gasteiger partial charge is 0.285 e. The molecule has 0 fully saturated rings. The van der Waals surface area contributed by atoms with Gasteiger partial charge in [-0.15, -0.1) is 0 Å². The van der Waals surface area contributed by atoms with Gasteiger partial charge in [0, 0.05) is 27.9 Å². The number of thioether (sulfide) groups is 1. The molecule has 0 spiro atoms. The van der Waals surface area contributed by atoms with E-state index in [-0.39, 0.29) is 16.3 Å². The van der Waals surface area contributed by atoms with Crippen molar-refractivity contribution in [2.45, 2.75) is 5.75 Å². The molecule has 1 aliphatic rings. The molecule has 0 unspecified atom stereocenters. The maximum Gasteiger partial charge on any atom is 0.282 e. The summed E-state index contributed by atoms with van der Waals surface area (Å²) in [6.07, 6.45) is 0. The molecule has 0 radical (unpaired) electrons. The molecule has 0 saturated carbocycles. The van der Waals surface area contributed by atoms with Gasteiger partial charge in [-0.1, -0.05) is 51.4 Å². The summed E-state index contributed by atoms with van der Waals surface area (Å²) >= 11 is 10.8. The molecular formula is C17H13BrClN3O3S. The second-order valence-corrected chi connectivity index (χ2v) is 7.75. The molecule has 1 aliphatic heterocycles. The van der Waals surface area contributed by atoms with Crippen molar-refractivity contribution in [1.82, 2.24) is 4.90 Å². The number of nitrogens with zero attached hydrogens (tertiary/aromatic N) is 3. The van der Waals surface area contributed by atoms with Crippen LogP contribution in [-0.4, -0.2) is 34.0 Å². The SMILES string of the molecule is O=C(c1cc(Cl)ccc1[N+](=O)[O-])N1CCN=C1SCc1ccc(Br)cc1. The Labute approximate surface area is 167 Å². The van der Waals surface area contributed by atoms with Crippen molar-refractivity contribution in [3.63, 3.8) is 0 Å². The van der Waals surface area contributed by atoms with Gasteiger partial charge in [-0.05, 0) is 29.8 Å². The number of amides is 1. The van der Waals surface area contributed by atoms with Crippen molar-refractivity contribution < 1.29 is 9.72 Å². The minimum atomic E-state index is -0.578. The lowest BCUT2D eigenvalue weighted by molar-refractivity contribution is -0.385. The van der Waals surface area contributed by atoms with Crippen LogP contribution in [0.15, 0.2) is 51.9 Å². The van der Waals surface area contributed by atoms with Gasteiger partial charge in [0.25, 0.3) is 11.6 Å². The van der Waals surface area contributed by atoms with Crippen molar-refractivity contribution in [1.29, 1.82) is 0 Å².